The molecular weight excluding hydrogens is 261 g/mol. The zero-order valence-corrected chi connectivity index (χ0v) is 12.2. The van der Waals surface area contributed by atoms with Crippen LogP contribution in [0.25, 0.3) is 10.6 Å². The van der Waals surface area contributed by atoms with E-state index in [0.29, 0.717) is 0 Å². The maximum atomic E-state index is 13.3. The highest BCUT2D eigenvalue weighted by atomic mass is 32.1. The third kappa shape index (κ3) is 3.16. The van der Waals surface area contributed by atoms with Crippen LogP contribution in [0.1, 0.15) is 36.9 Å². The number of nitrogens with one attached hydrogen (secondary N) is 1. The zero-order chi connectivity index (χ0) is 13.8. The van der Waals surface area contributed by atoms with Gasteiger partial charge in [0.15, 0.2) is 0 Å². The average Bonchev–Trinajstić information content (AvgIpc) is 2.88. The van der Waals surface area contributed by atoms with Crippen LogP contribution < -0.4 is 5.32 Å². The predicted molar refractivity (Wildman–Crippen MR) is 76.7 cm³/mol. The predicted octanol–water partition coefficient (Wildman–Crippen LogP) is 3.71. The van der Waals surface area contributed by atoms with E-state index >= 15 is 0 Å². The lowest BCUT2D eigenvalue weighted by atomic mass is 10.1. The van der Waals surface area contributed by atoms with Crippen molar-refractivity contribution in [2.75, 3.05) is 6.54 Å². The summed E-state index contributed by atoms with van der Waals surface area (Å²) in [6, 6.07) is 4.99. The highest BCUT2D eigenvalue weighted by Crippen LogP contribution is 2.30. The first-order valence-corrected chi connectivity index (χ1v) is 7.30. The van der Waals surface area contributed by atoms with Crippen molar-refractivity contribution in [1.29, 1.82) is 0 Å². The van der Waals surface area contributed by atoms with Crippen molar-refractivity contribution in [3.05, 3.63) is 34.6 Å². The topological polar surface area (TPSA) is 37.8 Å². The van der Waals surface area contributed by atoms with Gasteiger partial charge in [0, 0.05) is 5.56 Å². The number of nitrogens with zero attached hydrogens (tertiary/aromatic N) is 2. The highest BCUT2D eigenvalue weighted by molar-refractivity contribution is 7.14. The van der Waals surface area contributed by atoms with Gasteiger partial charge in [0.05, 0.1) is 6.04 Å². The summed E-state index contributed by atoms with van der Waals surface area (Å²) in [7, 11) is 0. The van der Waals surface area contributed by atoms with Crippen LogP contribution in [0.4, 0.5) is 4.39 Å². The molecule has 19 heavy (non-hydrogen) atoms. The molecule has 0 saturated carbocycles. The van der Waals surface area contributed by atoms with Crippen molar-refractivity contribution >= 4 is 11.3 Å². The molecule has 0 aliphatic carbocycles. The Morgan fingerprint density at radius 1 is 1.32 bits per heavy atom. The smallest absolute Gasteiger partial charge is 0.148 e. The molecule has 0 saturated heterocycles. The van der Waals surface area contributed by atoms with E-state index in [-0.39, 0.29) is 11.9 Å². The summed E-state index contributed by atoms with van der Waals surface area (Å²) in [5.41, 5.74) is 1.84. The SMILES string of the molecule is CCNC(CC)c1nnc(-c2cc(F)ccc2C)s1. The quantitative estimate of drug-likeness (QED) is 0.906. The van der Waals surface area contributed by atoms with E-state index in [1.54, 1.807) is 6.07 Å². The number of hydrogen-bond donors (Lipinski definition) is 1. The van der Waals surface area contributed by atoms with Gasteiger partial charge in [0.25, 0.3) is 0 Å². The first-order valence-electron chi connectivity index (χ1n) is 6.49. The summed E-state index contributed by atoms with van der Waals surface area (Å²) in [6.45, 7) is 7.03. The maximum Gasteiger partial charge on any atom is 0.148 e. The van der Waals surface area contributed by atoms with E-state index in [1.165, 1.54) is 23.5 Å². The molecule has 1 unspecified atom stereocenters. The Balaban J connectivity index is 2.32. The Kier molecular flexibility index (Phi) is 4.61. The molecule has 2 aromatic rings. The van der Waals surface area contributed by atoms with Gasteiger partial charge in [-0.05, 0) is 37.6 Å². The lowest BCUT2D eigenvalue weighted by Crippen LogP contribution is -2.19. The molecule has 3 nitrogen and oxygen atoms in total. The van der Waals surface area contributed by atoms with Crippen molar-refractivity contribution in [3.63, 3.8) is 0 Å². The number of aromatic nitrogens is 2. The Labute approximate surface area is 116 Å². The molecule has 0 amide bonds. The maximum absolute atomic E-state index is 13.3. The van der Waals surface area contributed by atoms with Crippen LogP contribution in [0.2, 0.25) is 0 Å². The number of rotatable bonds is 5. The fourth-order valence-corrected chi connectivity index (χ4v) is 3.05. The fourth-order valence-electron chi connectivity index (χ4n) is 1.96. The summed E-state index contributed by atoms with van der Waals surface area (Å²) in [6.07, 6.45) is 0.963. The number of aryl methyl sites for hydroxylation is 1. The van der Waals surface area contributed by atoms with Gasteiger partial charge in [-0.1, -0.05) is 31.3 Å². The van der Waals surface area contributed by atoms with Crippen LogP contribution >= 0.6 is 11.3 Å². The third-order valence-electron chi connectivity index (χ3n) is 3.03. The van der Waals surface area contributed by atoms with Crippen molar-refractivity contribution in [3.8, 4) is 10.6 Å². The van der Waals surface area contributed by atoms with Crippen molar-refractivity contribution in [1.82, 2.24) is 15.5 Å². The summed E-state index contributed by atoms with van der Waals surface area (Å²) in [5.74, 6) is -0.240. The Morgan fingerprint density at radius 3 is 2.79 bits per heavy atom. The van der Waals surface area contributed by atoms with Crippen molar-refractivity contribution in [2.24, 2.45) is 0 Å². The van der Waals surface area contributed by atoms with Gasteiger partial charge in [-0.15, -0.1) is 10.2 Å². The standard InChI is InChI=1S/C14H18FN3S/c1-4-12(16-5-2)14-18-17-13(19-14)11-8-10(15)7-6-9(11)3/h6-8,12,16H,4-5H2,1-3H3. The molecule has 2 rings (SSSR count). The molecule has 1 aromatic carbocycles. The second-order valence-electron chi connectivity index (χ2n) is 4.42. The summed E-state index contributed by atoms with van der Waals surface area (Å²) >= 11 is 1.53. The molecule has 5 heteroatoms. The normalized spacial score (nSPS) is 12.6. The van der Waals surface area contributed by atoms with Crippen LogP contribution in [0.3, 0.4) is 0 Å². The summed E-state index contributed by atoms with van der Waals surface area (Å²) < 4.78 is 13.3. The Morgan fingerprint density at radius 2 is 2.11 bits per heavy atom. The van der Waals surface area contributed by atoms with E-state index < -0.39 is 0 Å². The second-order valence-corrected chi connectivity index (χ2v) is 5.43. The molecule has 0 fully saturated rings. The van der Waals surface area contributed by atoms with E-state index in [9.17, 15) is 4.39 Å². The molecule has 0 radical (unpaired) electrons. The van der Waals surface area contributed by atoms with Gasteiger partial charge >= 0.3 is 0 Å². The summed E-state index contributed by atoms with van der Waals surface area (Å²) in [5, 5.41) is 13.6. The van der Waals surface area contributed by atoms with Crippen LogP contribution in [0.15, 0.2) is 18.2 Å². The van der Waals surface area contributed by atoms with Crippen LogP contribution in [-0.2, 0) is 0 Å². The lowest BCUT2D eigenvalue weighted by molar-refractivity contribution is 0.531. The minimum absolute atomic E-state index is 0.227. The molecule has 1 aromatic heterocycles. The molecule has 1 N–H and O–H groups in total. The van der Waals surface area contributed by atoms with E-state index in [1.807, 2.05) is 6.92 Å². The van der Waals surface area contributed by atoms with Crippen molar-refractivity contribution in [2.45, 2.75) is 33.2 Å². The molecule has 0 spiro atoms. The van der Waals surface area contributed by atoms with Crippen LogP contribution in [0.5, 0.6) is 0 Å². The van der Waals surface area contributed by atoms with Gasteiger partial charge in [0.1, 0.15) is 15.8 Å². The summed E-state index contributed by atoms with van der Waals surface area (Å²) in [4.78, 5) is 0. The number of hydrogen-bond acceptors (Lipinski definition) is 4. The van der Waals surface area contributed by atoms with Gasteiger partial charge in [-0.25, -0.2) is 4.39 Å². The molecule has 1 heterocycles. The highest BCUT2D eigenvalue weighted by Gasteiger charge is 2.16. The molecule has 1 atom stereocenters. The first-order chi connectivity index (χ1) is 9.15. The van der Waals surface area contributed by atoms with E-state index in [4.69, 9.17) is 0 Å². The number of halogens is 1. The van der Waals surface area contributed by atoms with Gasteiger partial charge in [0.2, 0.25) is 0 Å². The largest absolute Gasteiger partial charge is 0.308 e. The Hall–Kier alpha value is -1.33. The molecule has 0 aliphatic rings. The first kappa shape index (κ1) is 14.1. The molecular formula is C14H18FN3S. The monoisotopic (exact) mass is 279 g/mol. The fraction of sp³-hybridized carbons (Fsp3) is 0.429. The molecule has 0 bridgehead atoms. The molecule has 102 valence electrons. The average molecular weight is 279 g/mol. The van der Waals surface area contributed by atoms with Crippen LogP contribution in [0, 0.1) is 12.7 Å². The van der Waals surface area contributed by atoms with Gasteiger partial charge < -0.3 is 5.32 Å². The number of benzene rings is 1. The van der Waals surface area contributed by atoms with Crippen molar-refractivity contribution < 1.29 is 4.39 Å². The molecule has 0 aliphatic heterocycles. The van der Waals surface area contributed by atoms with Crippen LogP contribution in [-0.4, -0.2) is 16.7 Å². The second kappa shape index (κ2) is 6.21. The van der Waals surface area contributed by atoms with Gasteiger partial charge in [-0.2, -0.15) is 0 Å². The minimum atomic E-state index is -0.240. The minimum Gasteiger partial charge on any atom is -0.308 e. The third-order valence-corrected chi connectivity index (χ3v) is 4.10. The van der Waals surface area contributed by atoms with E-state index in [0.717, 1.165) is 34.1 Å². The lowest BCUT2D eigenvalue weighted by Gasteiger charge is -2.11. The Bertz CT molecular complexity index is 553. The van der Waals surface area contributed by atoms with Gasteiger partial charge in [-0.3, -0.25) is 0 Å². The zero-order valence-electron chi connectivity index (χ0n) is 11.4. The van der Waals surface area contributed by atoms with E-state index in [2.05, 4.69) is 29.4 Å².